The van der Waals surface area contributed by atoms with Gasteiger partial charge in [0.15, 0.2) is 5.17 Å². The first-order chi connectivity index (χ1) is 4.22. The third-order valence-corrected chi connectivity index (χ3v) is 0.781. The van der Waals surface area contributed by atoms with E-state index in [0.717, 1.165) is 0 Å². The molecule has 1 N–H and O–H groups in total. The summed E-state index contributed by atoms with van der Waals surface area (Å²) in [4.78, 5) is 10.4. The van der Waals surface area contributed by atoms with E-state index in [9.17, 15) is 4.79 Å². The second-order valence-electron chi connectivity index (χ2n) is 1.12. The molecule has 0 saturated heterocycles. The average molecular weight is 238 g/mol. The molecule has 0 aromatic rings. The molecule has 0 heterocycles. The standard InChI is InChI=1S/C4H7ClN2O2.Y/c1-2-9-4(8)3(5)7-6;/h2H2,1H3,(H2,6,8);/p-1. The molecule has 4 nitrogen and oxygen atoms in total. The van der Waals surface area contributed by atoms with Crippen molar-refractivity contribution in [3.63, 3.8) is 0 Å². The molecule has 0 saturated carbocycles. The molecule has 0 unspecified atom stereocenters. The molecule has 6 heteroatoms. The van der Waals surface area contributed by atoms with E-state index in [2.05, 4.69) is 9.84 Å². The number of rotatable bonds is 2. The SMILES string of the molecule is CCOC(=O)/C(Cl)=N/[NH-].[Y]. The van der Waals surface area contributed by atoms with Gasteiger partial charge in [0.05, 0.1) is 6.61 Å². The summed E-state index contributed by atoms with van der Waals surface area (Å²) in [7, 11) is 0. The van der Waals surface area contributed by atoms with Gasteiger partial charge in [-0.2, -0.15) is 0 Å². The Morgan fingerprint density at radius 1 is 1.80 bits per heavy atom. The number of hydrogen-bond donors (Lipinski definition) is 0. The molecule has 0 aromatic carbocycles. The van der Waals surface area contributed by atoms with Gasteiger partial charge in [-0.3, -0.25) is 0 Å². The number of carbonyl (C=O) groups is 1. The number of ether oxygens (including phenoxy) is 1. The summed E-state index contributed by atoms with van der Waals surface area (Å²) < 4.78 is 4.37. The fourth-order valence-corrected chi connectivity index (χ4v) is 0.291. The van der Waals surface area contributed by atoms with E-state index in [1.807, 2.05) is 0 Å². The van der Waals surface area contributed by atoms with Crippen LogP contribution in [-0.2, 0) is 42.2 Å². The van der Waals surface area contributed by atoms with Gasteiger partial charge in [0.25, 0.3) is 0 Å². The van der Waals surface area contributed by atoms with Crippen LogP contribution < -0.4 is 0 Å². The van der Waals surface area contributed by atoms with E-state index in [0.29, 0.717) is 0 Å². The molecule has 0 aliphatic carbocycles. The molecule has 0 spiro atoms. The third kappa shape index (κ3) is 5.15. The van der Waals surface area contributed by atoms with E-state index < -0.39 is 11.1 Å². The Balaban J connectivity index is 0. The van der Waals surface area contributed by atoms with Crippen molar-refractivity contribution in [1.29, 1.82) is 0 Å². The van der Waals surface area contributed by atoms with Crippen molar-refractivity contribution in [2.45, 2.75) is 6.92 Å². The molecule has 10 heavy (non-hydrogen) atoms. The van der Waals surface area contributed by atoms with E-state index in [-0.39, 0.29) is 39.3 Å². The maximum Gasteiger partial charge on any atom is 0.367 e. The average Bonchev–Trinajstić information content (AvgIpc) is 1.87. The van der Waals surface area contributed by atoms with Crippen LogP contribution >= 0.6 is 11.6 Å². The summed E-state index contributed by atoms with van der Waals surface area (Å²) in [6.07, 6.45) is 0. The van der Waals surface area contributed by atoms with Gasteiger partial charge >= 0.3 is 5.97 Å². The number of esters is 1. The largest absolute Gasteiger partial charge is 0.615 e. The van der Waals surface area contributed by atoms with E-state index in [1.165, 1.54) is 0 Å². The summed E-state index contributed by atoms with van der Waals surface area (Å²) >= 11 is 5.08. The normalized spacial score (nSPS) is 10.0. The fraction of sp³-hybridized carbons (Fsp3) is 0.500. The minimum absolute atomic E-state index is 0. The molecule has 0 rings (SSSR count). The molecule has 0 amide bonds. The van der Waals surface area contributed by atoms with Crippen molar-refractivity contribution in [2.75, 3.05) is 6.61 Å². The molecular formula is C4H6ClN2O2Y-. The smallest absolute Gasteiger partial charge is 0.367 e. The zero-order chi connectivity index (χ0) is 7.28. The maximum absolute atomic E-state index is 10.4. The molecule has 0 aliphatic rings. The first kappa shape index (κ1) is 13.0. The Labute approximate surface area is 89.0 Å². The van der Waals surface area contributed by atoms with E-state index in [4.69, 9.17) is 17.4 Å². The summed E-state index contributed by atoms with van der Waals surface area (Å²) in [5, 5.41) is 2.22. The number of carbonyl (C=O) groups excluding carboxylic acids is 1. The van der Waals surface area contributed by atoms with Crippen molar-refractivity contribution in [2.24, 2.45) is 5.10 Å². The minimum Gasteiger partial charge on any atom is -0.615 e. The Morgan fingerprint density at radius 2 is 2.30 bits per heavy atom. The van der Waals surface area contributed by atoms with Crippen LogP contribution in [0.5, 0.6) is 0 Å². The minimum atomic E-state index is -0.755. The molecule has 55 valence electrons. The van der Waals surface area contributed by atoms with Crippen LogP contribution in [0.4, 0.5) is 0 Å². The molecule has 0 fully saturated rings. The summed E-state index contributed by atoms with van der Waals surface area (Å²) in [5.41, 5.74) is 0. The Kier molecular flexibility index (Phi) is 9.65. The van der Waals surface area contributed by atoms with Crippen LogP contribution in [-0.4, -0.2) is 17.7 Å². The Morgan fingerprint density at radius 3 is 2.60 bits per heavy atom. The van der Waals surface area contributed by atoms with Gasteiger partial charge in [-0.1, -0.05) is 11.6 Å². The molecular weight excluding hydrogens is 232 g/mol. The van der Waals surface area contributed by atoms with Crippen molar-refractivity contribution < 1.29 is 42.2 Å². The van der Waals surface area contributed by atoms with Gasteiger partial charge in [0, 0.05) is 32.7 Å². The monoisotopic (exact) mass is 238 g/mol. The molecule has 1 radical (unpaired) electrons. The predicted molar refractivity (Wildman–Crippen MR) is 34.2 cm³/mol. The quantitative estimate of drug-likeness (QED) is 0.411. The molecule has 0 aromatic heterocycles. The van der Waals surface area contributed by atoms with Crippen molar-refractivity contribution in [3.05, 3.63) is 5.84 Å². The van der Waals surface area contributed by atoms with E-state index in [1.54, 1.807) is 6.92 Å². The maximum atomic E-state index is 10.4. The zero-order valence-corrected chi connectivity index (χ0v) is 9.02. The summed E-state index contributed by atoms with van der Waals surface area (Å²) in [6, 6.07) is 0. The molecule has 0 bridgehead atoms. The second-order valence-corrected chi connectivity index (χ2v) is 1.48. The van der Waals surface area contributed by atoms with Crippen LogP contribution in [0.25, 0.3) is 5.84 Å². The second kappa shape index (κ2) is 7.44. The Bertz CT molecular complexity index is 139. The van der Waals surface area contributed by atoms with Gasteiger partial charge in [0.2, 0.25) is 0 Å². The summed E-state index contributed by atoms with van der Waals surface area (Å²) in [5.74, 6) is 5.52. The van der Waals surface area contributed by atoms with Gasteiger partial charge in [-0.05, 0) is 6.92 Å². The molecule has 0 aliphatic heterocycles. The van der Waals surface area contributed by atoms with Gasteiger partial charge in [0.1, 0.15) is 0 Å². The van der Waals surface area contributed by atoms with E-state index >= 15 is 0 Å². The van der Waals surface area contributed by atoms with Gasteiger partial charge in [-0.15, -0.1) is 0 Å². The van der Waals surface area contributed by atoms with Crippen LogP contribution in [0.1, 0.15) is 6.92 Å². The number of hydrogen-bond acceptors (Lipinski definition) is 3. The fourth-order valence-electron chi connectivity index (χ4n) is 0.236. The predicted octanol–water partition coefficient (Wildman–Crippen LogP) is 1.15. The van der Waals surface area contributed by atoms with Crippen LogP contribution in [0.3, 0.4) is 0 Å². The number of nitrogens with one attached hydrogen (secondary N) is 1. The van der Waals surface area contributed by atoms with Crippen LogP contribution in [0, 0.1) is 0 Å². The summed E-state index contributed by atoms with van der Waals surface area (Å²) in [6.45, 7) is 1.89. The van der Waals surface area contributed by atoms with Crippen LogP contribution in [0.15, 0.2) is 5.10 Å². The number of halogens is 1. The zero-order valence-electron chi connectivity index (χ0n) is 5.43. The van der Waals surface area contributed by atoms with Crippen molar-refractivity contribution in [1.82, 2.24) is 0 Å². The van der Waals surface area contributed by atoms with Crippen LogP contribution in [0.2, 0.25) is 0 Å². The first-order valence-electron chi connectivity index (χ1n) is 2.29. The third-order valence-electron chi connectivity index (χ3n) is 0.542. The van der Waals surface area contributed by atoms with Crippen molar-refractivity contribution in [3.8, 4) is 0 Å². The first-order valence-corrected chi connectivity index (χ1v) is 2.67. The molecule has 0 atom stereocenters. The Hall–Kier alpha value is 0.334. The van der Waals surface area contributed by atoms with Gasteiger partial charge in [-0.25, -0.2) is 4.79 Å². The van der Waals surface area contributed by atoms with Crippen molar-refractivity contribution >= 4 is 22.7 Å². The van der Waals surface area contributed by atoms with Gasteiger partial charge < -0.3 is 15.7 Å². The topological polar surface area (TPSA) is 62.5 Å². The number of nitrogens with zero attached hydrogens (tertiary/aromatic N) is 1.